The third-order valence-corrected chi connectivity index (χ3v) is 4.14. The van der Waals surface area contributed by atoms with Crippen LogP contribution in [0.15, 0.2) is 30.3 Å². The summed E-state index contributed by atoms with van der Waals surface area (Å²) in [6.07, 6.45) is 0. The number of hydrogen-bond acceptors (Lipinski definition) is 6. The Morgan fingerprint density at radius 2 is 1.47 bits per heavy atom. The number of hydrogen-bond donors (Lipinski definition) is 1. The van der Waals surface area contributed by atoms with Gasteiger partial charge in [0.05, 0.1) is 25.4 Å². The molecule has 0 aliphatic rings. The van der Waals surface area contributed by atoms with Crippen LogP contribution in [0.25, 0.3) is 0 Å². The van der Waals surface area contributed by atoms with Crippen LogP contribution in [0.2, 0.25) is 0 Å². The van der Waals surface area contributed by atoms with E-state index in [1.807, 2.05) is 52.8 Å². The van der Waals surface area contributed by atoms with Crippen molar-refractivity contribution in [1.29, 1.82) is 0 Å². The molecule has 2 aromatic rings. The van der Waals surface area contributed by atoms with Gasteiger partial charge in [-0.15, -0.1) is 0 Å². The molecule has 7 heteroatoms. The maximum atomic E-state index is 12.5. The van der Waals surface area contributed by atoms with Crippen molar-refractivity contribution in [3.8, 4) is 17.2 Å². The fourth-order valence-electron chi connectivity index (χ4n) is 2.86. The molecule has 0 aliphatic carbocycles. The SMILES string of the molecule is CCOc1cc(C(=O)OCC(=O)Nc2ccc(C)cc2C)cc(OCC)c1OCC. The van der Waals surface area contributed by atoms with Gasteiger partial charge in [0.25, 0.3) is 5.91 Å². The van der Waals surface area contributed by atoms with Crippen LogP contribution in [-0.4, -0.2) is 38.3 Å². The lowest BCUT2D eigenvalue weighted by Crippen LogP contribution is -2.21. The number of aryl methyl sites for hydroxylation is 2. The Morgan fingerprint density at radius 1 is 0.867 bits per heavy atom. The van der Waals surface area contributed by atoms with Crippen molar-refractivity contribution in [2.45, 2.75) is 34.6 Å². The third-order valence-electron chi connectivity index (χ3n) is 4.14. The van der Waals surface area contributed by atoms with E-state index in [9.17, 15) is 9.59 Å². The Balaban J connectivity index is 2.12. The Bertz CT molecular complexity index is 866. The minimum atomic E-state index is -0.657. The molecule has 0 atom stereocenters. The number of ether oxygens (including phenoxy) is 4. The summed E-state index contributed by atoms with van der Waals surface area (Å²) in [5.74, 6) is 0.131. The van der Waals surface area contributed by atoms with Gasteiger partial charge in [-0.3, -0.25) is 4.79 Å². The molecule has 162 valence electrons. The number of benzene rings is 2. The lowest BCUT2D eigenvalue weighted by atomic mass is 10.1. The Hall–Kier alpha value is -3.22. The third kappa shape index (κ3) is 6.14. The first kappa shape index (κ1) is 23.1. The molecule has 0 fully saturated rings. The molecule has 0 aliphatic heterocycles. The number of carbonyl (C=O) groups excluding carboxylic acids is 2. The standard InChI is InChI=1S/C23H29NO6/c1-6-27-19-12-17(13-20(28-7-2)22(19)29-8-3)23(26)30-14-21(25)24-18-10-9-15(4)11-16(18)5/h9-13H,6-8,14H2,1-5H3,(H,24,25). The van der Waals surface area contributed by atoms with Gasteiger partial charge in [0, 0.05) is 5.69 Å². The van der Waals surface area contributed by atoms with Gasteiger partial charge < -0.3 is 24.3 Å². The molecule has 0 radical (unpaired) electrons. The molecular formula is C23H29NO6. The quantitative estimate of drug-likeness (QED) is 0.583. The molecule has 0 saturated carbocycles. The zero-order valence-corrected chi connectivity index (χ0v) is 18.2. The van der Waals surface area contributed by atoms with Crippen molar-refractivity contribution < 1.29 is 28.5 Å². The number of anilines is 1. The second kappa shape index (κ2) is 11.1. The largest absolute Gasteiger partial charge is 0.490 e. The molecule has 30 heavy (non-hydrogen) atoms. The maximum absolute atomic E-state index is 12.5. The van der Waals surface area contributed by atoms with Crippen molar-refractivity contribution in [3.63, 3.8) is 0 Å². The van der Waals surface area contributed by atoms with E-state index < -0.39 is 18.5 Å². The Kier molecular flexibility index (Phi) is 8.53. The molecule has 0 bridgehead atoms. The molecule has 0 saturated heterocycles. The lowest BCUT2D eigenvalue weighted by molar-refractivity contribution is -0.119. The molecular weight excluding hydrogens is 386 g/mol. The van der Waals surface area contributed by atoms with Crippen LogP contribution in [-0.2, 0) is 9.53 Å². The van der Waals surface area contributed by atoms with E-state index in [1.165, 1.54) is 12.1 Å². The zero-order chi connectivity index (χ0) is 22.1. The number of esters is 1. The predicted octanol–water partition coefficient (Wildman–Crippen LogP) is 4.30. The summed E-state index contributed by atoms with van der Waals surface area (Å²) in [7, 11) is 0. The number of rotatable bonds is 10. The fourth-order valence-corrected chi connectivity index (χ4v) is 2.86. The van der Waals surface area contributed by atoms with Crippen molar-refractivity contribution in [2.75, 3.05) is 31.7 Å². The summed E-state index contributed by atoms with van der Waals surface area (Å²) in [5.41, 5.74) is 2.93. The summed E-state index contributed by atoms with van der Waals surface area (Å²) in [6, 6.07) is 8.74. The smallest absolute Gasteiger partial charge is 0.338 e. The monoisotopic (exact) mass is 415 g/mol. The predicted molar refractivity (Wildman–Crippen MR) is 115 cm³/mol. The highest BCUT2D eigenvalue weighted by molar-refractivity contribution is 5.96. The van der Waals surface area contributed by atoms with Gasteiger partial charge in [-0.1, -0.05) is 17.7 Å². The van der Waals surface area contributed by atoms with E-state index in [-0.39, 0.29) is 5.56 Å². The minimum absolute atomic E-state index is 0.213. The maximum Gasteiger partial charge on any atom is 0.338 e. The minimum Gasteiger partial charge on any atom is -0.490 e. The van der Waals surface area contributed by atoms with E-state index in [1.54, 1.807) is 0 Å². The molecule has 0 spiro atoms. The van der Waals surface area contributed by atoms with Crippen molar-refractivity contribution >= 4 is 17.6 Å². The van der Waals surface area contributed by atoms with Crippen LogP contribution >= 0.6 is 0 Å². The van der Waals surface area contributed by atoms with E-state index in [0.717, 1.165) is 11.1 Å². The average molecular weight is 415 g/mol. The van der Waals surface area contributed by atoms with E-state index >= 15 is 0 Å². The van der Waals surface area contributed by atoms with E-state index in [0.29, 0.717) is 42.8 Å². The van der Waals surface area contributed by atoms with Gasteiger partial charge >= 0.3 is 5.97 Å². The normalized spacial score (nSPS) is 10.3. The van der Waals surface area contributed by atoms with Crippen molar-refractivity contribution in [1.82, 2.24) is 0 Å². The van der Waals surface area contributed by atoms with E-state index in [4.69, 9.17) is 18.9 Å². The first-order valence-electron chi connectivity index (χ1n) is 10.00. The molecule has 7 nitrogen and oxygen atoms in total. The topological polar surface area (TPSA) is 83.1 Å². The van der Waals surface area contributed by atoms with E-state index in [2.05, 4.69) is 5.32 Å². The van der Waals surface area contributed by atoms with Gasteiger partial charge in [0.2, 0.25) is 5.75 Å². The highest BCUT2D eigenvalue weighted by atomic mass is 16.5. The van der Waals surface area contributed by atoms with Crippen LogP contribution in [0.5, 0.6) is 17.2 Å². The van der Waals surface area contributed by atoms with Crippen LogP contribution in [0.3, 0.4) is 0 Å². The second-order valence-electron chi connectivity index (χ2n) is 6.54. The molecule has 1 amide bonds. The van der Waals surface area contributed by atoms with Crippen LogP contribution in [0, 0.1) is 13.8 Å². The average Bonchev–Trinajstić information content (AvgIpc) is 2.71. The van der Waals surface area contributed by atoms with Crippen molar-refractivity contribution in [2.24, 2.45) is 0 Å². The van der Waals surface area contributed by atoms with Gasteiger partial charge in [-0.2, -0.15) is 0 Å². The summed E-state index contributed by atoms with van der Waals surface area (Å²) >= 11 is 0. The number of nitrogens with one attached hydrogen (secondary N) is 1. The second-order valence-corrected chi connectivity index (χ2v) is 6.54. The summed E-state index contributed by atoms with van der Waals surface area (Å²) in [6.45, 7) is 10.2. The zero-order valence-electron chi connectivity index (χ0n) is 18.2. The molecule has 2 rings (SSSR count). The molecule has 0 aromatic heterocycles. The number of amides is 1. The first-order valence-corrected chi connectivity index (χ1v) is 10.00. The molecule has 1 N–H and O–H groups in total. The van der Waals surface area contributed by atoms with Crippen LogP contribution in [0.4, 0.5) is 5.69 Å². The van der Waals surface area contributed by atoms with Gasteiger partial charge in [0.15, 0.2) is 18.1 Å². The van der Waals surface area contributed by atoms with Gasteiger partial charge in [0.1, 0.15) is 0 Å². The fraction of sp³-hybridized carbons (Fsp3) is 0.391. The molecule has 0 unspecified atom stereocenters. The van der Waals surface area contributed by atoms with Gasteiger partial charge in [-0.05, 0) is 58.4 Å². The molecule has 0 heterocycles. The Morgan fingerprint density at radius 3 is 2.00 bits per heavy atom. The highest BCUT2D eigenvalue weighted by Crippen LogP contribution is 2.39. The van der Waals surface area contributed by atoms with Crippen LogP contribution in [0.1, 0.15) is 42.3 Å². The Labute approximate surface area is 177 Å². The first-order chi connectivity index (χ1) is 14.4. The van der Waals surface area contributed by atoms with Gasteiger partial charge in [-0.25, -0.2) is 4.79 Å². The molecule has 2 aromatic carbocycles. The van der Waals surface area contributed by atoms with Crippen molar-refractivity contribution in [3.05, 3.63) is 47.0 Å². The number of carbonyl (C=O) groups is 2. The summed E-state index contributed by atoms with van der Waals surface area (Å²) < 4.78 is 22.0. The van der Waals surface area contributed by atoms with Crippen LogP contribution < -0.4 is 19.5 Å². The highest BCUT2D eigenvalue weighted by Gasteiger charge is 2.20. The summed E-state index contributed by atoms with van der Waals surface area (Å²) in [5, 5.41) is 2.75. The lowest BCUT2D eigenvalue weighted by Gasteiger charge is -2.17. The summed E-state index contributed by atoms with van der Waals surface area (Å²) in [4.78, 5) is 24.7.